The van der Waals surface area contributed by atoms with Gasteiger partial charge in [-0.25, -0.2) is 0 Å². The lowest BCUT2D eigenvalue weighted by Crippen LogP contribution is -2.58. The highest BCUT2D eigenvalue weighted by Crippen LogP contribution is 2.67. The second kappa shape index (κ2) is 5.04. The Balaban J connectivity index is 2.06. The number of allylic oxidation sites excluding steroid dienone is 2. The molecule has 0 N–H and O–H groups in total. The van der Waals surface area contributed by atoms with Crippen molar-refractivity contribution in [1.82, 2.24) is 0 Å². The highest BCUT2D eigenvalue weighted by molar-refractivity contribution is 5.82. The molecule has 0 bridgehead atoms. The van der Waals surface area contributed by atoms with E-state index in [9.17, 15) is 9.59 Å². The molecule has 2 fully saturated rings. The molecular weight excluding hydrogens is 272 g/mol. The first-order chi connectivity index (χ1) is 10.3. The van der Waals surface area contributed by atoms with Crippen LogP contribution in [0.5, 0.6) is 0 Å². The minimum absolute atomic E-state index is 0.0363. The molecule has 0 aromatic heterocycles. The van der Waals surface area contributed by atoms with Gasteiger partial charge in [0.25, 0.3) is 0 Å². The quantitative estimate of drug-likeness (QED) is 0.700. The van der Waals surface area contributed by atoms with Gasteiger partial charge in [-0.1, -0.05) is 40.2 Å². The van der Waals surface area contributed by atoms with Crippen LogP contribution in [-0.2, 0) is 9.59 Å². The van der Waals surface area contributed by atoms with Crippen LogP contribution in [0.3, 0.4) is 0 Å². The monoisotopic (exact) mass is 302 g/mol. The van der Waals surface area contributed by atoms with Crippen LogP contribution in [-0.4, -0.2) is 12.6 Å². The molecule has 22 heavy (non-hydrogen) atoms. The Morgan fingerprint density at radius 2 is 1.73 bits per heavy atom. The largest absolute Gasteiger partial charge is 0.303 e. The van der Waals surface area contributed by atoms with Crippen molar-refractivity contribution in [3.05, 3.63) is 11.6 Å². The molecule has 2 saturated carbocycles. The molecule has 3 aliphatic rings. The highest BCUT2D eigenvalue weighted by Gasteiger charge is 2.60. The molecule has 122 valence electrons. The van der Waals surface area contributed by atoms with E-state index in [4.69, 9.17) is 0 Å². The third kappa shape index (κ3) is 1.98. The predicted octanol–water partition coefficient (Wildman–Crippen LogP) is 4.58. The fraction of sp³-hybridized carbons (Fsp3) is 0.800. The maximum Gasteiger partial charge on any atom is 0.146 e. The normalized spacial score (nSPS) is 46.9. The smallest absolute Gasteiger partial charge is 0.146 e. The van der Waals surface area contributed by atoms with E-state index in [1.807, 2.05) is 0 Å². The van der Waals surface area contributed by atoms with E-state index in [0.29, 0.717) is 16.7 Å². The lowest BCUT2D eigenvalue weighted by molar-refractivity contribution is -0.151. The highest BCUT2D eigenvalue weighted by atomic mass is 16.1. The number of carbonyl (C=O) groups is 2. The van der Waals surface area contributed by atoms with Crippen molar-refractivity contribution in [2.75, 3.05) is 0 Å². The molecule has 0 heterocycles. The molecule has 0 radical (unpaired) electrons. The van der Waals surface area contributed by atoms with E-state index in [1.165, 1.54) is 25.7 Å². The summed E-state index contributed by atoms with van der Waals surface area (Å²) in [6.07, 6.45) is 11.2. The van der Waals surface area contributed by atoms with Crippen LogP contribution in [0.25, 0.3) is 0 Å². The van der Waals surface area contributed by atoms with E-state index in [0.717, 1.165) is 36.9 Å². The van der Waals surface area contributed by atoms with Crippen LogP contribution >= 0.6 is 0 Å². The summed E-state index contributed by atoms with van der Waals surface area (Å²) in [5, 5.41) is 0. The Bertz CT molecular complexity index is 518. The summed E-state index contributed by atoms with van der Waals surface area (Å²) in [5.74, 6) is 1.06. The molecule has 3 aliphatic carbocycles. The fourth-order valence-corrected chi connectivity index (χ4v) is 6.71. The zero-order valence-corrected chi connectivity index (χ0v) is 14.5. The van der Waals surface area contributed by atoms with Crippen LogP contribution in [0.1, 0.15) is 66.2 Å². The van der Waals surface area contributed by atoms with Gasteiger partial charge in [-0.2, -0.15) is 0 Å². The molecular formula is C20H30O2. The predicted molar refractivity (Wildman–Crippen MR) is 88.4 cm³/mol. The van der Waals surface area contributed by atoms with Crippen molar-refractivity contribution in [3.8, 4) is 0 Å². The first-order valence-corrected chi connectivity index (χ1v) is 8.90. The summed E-state index contributed by atoms with van der Waals surface area (Å²) in [5.41, 5.74) is 1.40. The van der Waals surface area contributed by atoms with E-state index in [1.54, 1.807) is 0 Å². The fourth-order valence-electron chi connectivity index (χ4n) is 6.71. The van der Waals surface area contributed by atoms with Crippen molar-refractivity contribution >= 4 is 12.6 Å². The van der Waals surface area contributed by atoms with E-state index >= 15 is 0 Å². The SMILES string of the molecule is CC1(C)CCC[C@@]2(C)C1CC[C@]1(C)C2CC=C(C=O)[C@@H]1C=O. The number of aldehydes is 2. The van der Waals surface area contributed by atoms with Crippen molar-refractivity contribution in [3.63, 3.8) is 0 Å². The Hall–Kier alpha value is -0.920. The van der Waals surface area contributed by atoms with Gasteiger partial charge in [0.15, 0.2) is 0 Å². The van der Waals surface area contributed by atoms with Gasteiger partial charge in [-0.15, -0.1) is 0 Å². The summed E-state index contributed by atoms with van der Waals surface area (Å²) in [6.45, 7) is 9.62. The second-order valence-electron chi connectivity index (χ2n) is 9.17. The topological polar surface area (TPSA) is 34.1 Å². The van der Waals surface area contributed by atoms with Crippen LogP contribution in [0.15, 0.2) is 11.6 Å². The molecule has 3 rings (SSSR count). The second-order valence-corrected chi connectivity index (χ2v) is 9.17. The Morgan fingerprint density at radius 1 is 1.00 bits per heavy atom. The van der Waals surface area contributed by atoms with Gasteiger partial charge in [0.05, 0.1) is 0 Å². The summed E-state index contributed by atoms with van der Waals surface area (Å²) in [4.78, 5) is 23.2. The maximum atomic E-state index is 11.8. The van der Waals surface area contributed by atoms with Gasteiger partial charge in [0.2, 0.25) is 0 Å². The third-order valence-corrected chi connectivity index (χ3v) is 7.77. The minimum atomic E-state index is -0.202. The van der Waals surface area contributed by atoms with Crippen molar-refractivity contribution in [2.45, 2.75) is 66.2 Å². The number of carbonyl (C=O) groups excluding carboxylic acids is 2. The van der Waals surface area contributed by atoms with E-state index in [-0.39, 0.29) is 11.3 Å². The van der Waals surface area contributed by atoms with Gasteiger partial charge in [0, 0.05) is 5.92 Å². The Morgan fingerprint density at radius 3 is 2.36 bits per heavy atom. The minimum Gasteiger partial charge on any atom is -0.303 e. The summed E-state index contributed by atoms with van der Waals surface area (Å²) >= 11 is 0. The number of hydrogen-bond donors (Lipinski definition) is 0. The summed E-state index contributed by atoms with van der Waals surface area (Å²) in [7, 11) is 0. The number of hydrogen-bond acceptors (Lipinski definition) is 2. The van der Waals surface area contributed by atoms with E-state index < -0.39 is 0 Å². The van der Waals surface area contributed by atoms with Gasteiger partial charge in [-0.3, -0.25) is 4.79 Å². The molecule has 0 aliphatic heterocycles. The zero-order chi connectivity index (χ0) is 16.2. The maximum absolute atomic E-state index is 11.8. The molecule has 5 atom stereocenters. The molecule has 2 unspecified atom stereocenters. The van der Waals surface area contributed by atoms with Crippen LogP contribution in [0.4, 0.5) is 0 Å². The van der Waals surface area contributed by atoms with Gasteiger partial charge < -0.3 is 4.79 Å². The molecule has 0 spiro atoms. The average molecular weight is 302 g/mol. The van der Waals surface area contributed by atoms with Gasteiger partial charge in [-0.05, 0) is 65.8 Å². The summed E-state index contributed by atoms with van der Waals surface area (Å²) in [6, 6.07) is 0. The van der Waals surface area contributed by atoms with Crippen molar-refractivity contribution in [2.24, 2.45) is 34.0 Å². The lowest BCUT2D eigenvalue weighted by Gasteiger charge is -2.64. The Kier molecular flexibility index (Phi) is 3.66. The molecule has 0 aromatic carbocycles. The van der Waals surface area contributed by atoms with E-state index in [2.05, 4.69) is 33.8 Å². The first-order valence-electron chi connectivity index (χ1n) is 8.90. The standard InChI is InChI=1S/C20H30O2/c1-18(2)9-5-10-20(4)16(18)8-11-19(3)15(13-22)14(12-21)6-7-17(19)20/h6,12-13,15-17H,5,7-11H2,1-4H3/t15-,16?,17?,19-,20-/m0/s1. The third-order valence-electron chi connectivity index (χ3n) is 7.77. The first kappa shape index (κ1) is 16.0. The van der Waals surface area contributed by atoms with Crippen molar-refractivity contribution in [1.29, 1.82) is 0 Å². The van der Waals surface area contributed by atoms with Crippen LogP contribution in [0.2, 0.25) is 0 Å². The van der Waals surface area contributed by atoms with Crippen LogP contribution in [0, 0.1) is 34.0 Å². The summed E-state index contributed by atoms with van der Waals surface area (Å²) < 4.78 is 0. The number of fused-ring (bicyclic) bond motifs is 3. The molecule has 0 amide bonds. The average Bonchev–Trinajstić information content (AvgIpc) is 2.44. The molecule has 2 nitrogen and oxygen atoms in total. The lowest BCUT2D eigenvalue weighted by atomic mass is 9.40. The zero-order valence-electron chi connectivity index (χ0n) is 14.5. The van der Waals surface area contributed by atoms with Gasteiger partial charge in [0.1, 0.15) is 12.6 Å². The Labute approximate surface area is 134 Å². The van der Waals surface area contributed by atoms with Crippen molar-refractivity contribution < 1.29 is 9.59 Å². The molecule has 0 saturated heterocycles. The molecule has 0 aromatic rings. The van der Waals surface area contributed by atoms with Gasteiger partial charge >= 0.3 is 0 Å². The van der Waals surface area contributed by atoms with Crippen LogP contribution < -0.4 is 0 Å². The molecule has 2 heteroatoms. The number of rotatable bonds is 2.